The number of aliphatic hydroxyl groups is 1. The predicted molar refractivity (Wildman–Crippen MR) is 131 cm³/mol. The second-order valence-electron chi connectivity index (χ2n) is 10.1. The van der Waals surface area contributed by atoms with Gasteiger partial charge in [-0.1, -0.05) is 42.5 Å². The lowest BCUT2D eigenvalue weighted by Gasteiger charge is -2.40. The minimum absolute atomic E-state index is 0.0980. The molecule has 194 valence electrons. The van der Waals surface area contributed by atoms with Crippen LogP contribution < -0.4 is 10.1 Å². The Morgan fingerprint density at radius 3 is 2.42 bits per heavy atom. The molecule has 9 nitrogen and oxygen atoms in total. The molecule has 0 radical (unpaired) electrons. The van der Waals surface area contributed by atoms with Gasteiger partial charge in [-0.25, -0.2) is 9.59 Å². The van der Waals surface area contributed by atoms with Gasteiger partial charge in [0.1, 0.15) is 30.2 Å². The quantitative estimate of drug-likeness (QED) is 0.561. The van der Waals surface area contributed by atoms with Crippen LogP contribution in [-0.2, 0) is 27.4 Å². The second kappa shape index (κ2) is 10.8. The number of methoxy groups -OCH3 is 1. The number of rotatable bonds is 7. The first-order chi connectivity index (χ1) is 17.1. The molecule has 1 aliphatic heterocycles. The minimum atomic E-state index is -0.999. The smallest absolute Gasteiger partial charge is 0.410 e. The van der Waals surface area contributed by atoms with Crippen LogP contribution in [0.2, 0.25) is 0 Å². The first kappa shape index (κ1) is 25.8. The molecule has 5 atom stereocenters. The largest absolute Gasteiger partial charge is 0.497 e. The molecular formula is C27H34N2O7. The van der Waals surface area contributed by atoms with E-state index in [1.807, 2.05) is 54.6 Å². The third-order valence-electron chi connectivity index (χ3n) is 6.25. The van der Waals surface area contributed by atoms with Crippen LogP contribution in [-0.4, -0.2) is 65.3 Å². The summed E-state index contributed by atoms with van der Waals surface area (Å²) in [5.41, 5.74) is 0.986. The van der Waals surface area contributed by atoms with Gasteiger partial charge in [-0.05, 0) is 50.5 Å². The molecule has 2 N–H and O–H groups in total. The van der Waals surface area contributed by atoms with E-state index in [1.54, 1.807) is 32.8 Å². The fourth-order valence-electron chi connectivity index (χ4n) is 4.46. The van der Waals surface area contributed by atoms with Crippen LogP contribution >= 0.6 is 0 Å². The molecule has 1 saturated carbocycles. The van der Waals surface area contributed by atoms with Crippen molar-refractivity contribution in [3.05, 3.63) is 65.7 Å². The Morgan fingerprint density at radius 1 is 1.08 bits per heavy atom. The van der Waals surface area contributed by atoms with E-state index in [1.165, 1.54) is 0 Å². The van der Waals surface area contributed by atoms with E-state index in [4.69, 9.17) is 18.9 Å². The third-order valence-corrected chi connectivity index (χ3v) is 6.25. The van der Waals surface area contributed by atoms with E-state index in [0.717, 1.165) is 11.1 Å². The van der Waals surface area contributed by atoms with Crippen molar-refractivity contribution in [2.45, 2.75) is 76.3 Å². The maximum atomic E-state index is 13.4. The Kier molecular flexibility index (Phi) is 7.70. The number of epoxide rings is 1. The SMILES string of the molecule is COc1ccc(CN(C(=O)OCc2ccccc2)[C@H]2C[C@H]3O[C@H]3[C@@H](O)[C@@H]2NC(=O)OC(C)(C)C)cc1. The minimum Gasteiger partial charge on any atom is -0.497 e. The molecule has 36 heavy (non-hydrogen) atoms. The molecule has 2 aromatic rings. The Bertz CT molecular complexity index is 1040. The number of nitrogens with one attached hydrogen (secondary N) is 1. The Morgan fingerprint density at radius 2 is 1.78 bits per heavy atom. The third kappa shape index (κ3) is 6.47. The summed E-state index contributed by atoms with van der Waals surface area (Å²) in [5, 5.41) is 13.8. The summed E-state index contributed by atoms with van der Waals surface area (Å²) < 4.78 is 22.0. The highest BCUT2D eigenvalue weighted by Crippen LogP contribution is 2.39. The van der Waals surface area contributed by atoms with E-state index in [-0.39, 0.29) is 25.4 Å². The first-order valence-electron chi connectivity index (χ1n) is 12.1. The number of hydrogen-bond donors (Lipinski definition) is 2. The summed E-state index contributed by atoms with van der Waals surface area (Å²) in [5.74, 6) is 0.698. The number of fused-ring (bicyclic) bond motifs is 1. The predicted octanol–water partition coefficient (Wildman–Crippen LogP) is 3.63. The van der Waals surface area contributed by atoms with E-state index in [0.29, 0.717) is 12.2 Å². The molecule has 2 fully saturated rings. The van der Waals surface area contributed by atoms with Crippen molar-refractivity contribution < 1.29 is 33.6 Å². The zero-order chi connectivity index (χ0) is 25.9. The molecule has 9 heteroatoms. The summed E-state index contributed by atoms with van der Waals surface area (Å²) in [7, 11) is 1.59. The summed E-state index contributed by atoms with van der Waals surface area (Å²) in [4.78, 5) is 27.6. The van der Waals surface area contributed by atoms with Crippen LogP contribution in [0.25, 0.3) is 0 Å². The van der Waals surface area contributed by atoms with Gasteiger partial charge in [0.2, 0.25) is 0 Å². The van der Waals surface area contributed by atoms with Gasteiger partial charge < -0.3 is 29.4 Å². The van der Waals surface area contributed by atoms with E-state index >= 15 is 0 Å². The van der Waals surface area contributed by atoms with Gasteiger partial charge in [0.05, 0.1) is 25.3 Å². The van der Waals surface area contributed by atoms with Crippen molar-refractivity contribution in [1.82, 2.24) is 10.2 Å². The van der Waals surface area contributed by atoms with Gasteiger partial charge in [0.25, 0.3) is 0 Å². The molecule has 0 unspecified atom stereocenters. The van der Waals surface area contributed by atoms with Gasteiger partial charge in [0.15, 0.2) is 0 Å². The zero-order valence-corrected chi connectivity index (χ0v) is 21.0. The maximum Gasteiger partial charge on any atom is 0.410 e. The molecular weight excluding hydrogens is 464 g/mol. The Labute approximate surface area is 211 Å². The maximum absolute atomic E-state index is 13.4. The number of carbonyl (C=O) groups excluding carboxylic acids is 2. The van der Waals surface area contributed by atoms with Gasteiger partial charge >= 0.3 is 12.2 Å². The van der Waals surface area contributed by atoms with Crippen LogP contribution in [0.15, 0.2) is 54.6 Å². The number of carbonyl (C=O) groups is 2. The fourth-order valence-corrected chi connectivity index (χ4v) is 4.46. The zero-order valence-electron chi connectivity index (χ0n) is 21.0. The van der Waals surface area contributed by atoms with E-state index in [2.05, 4.69) is 5.32 Å². The first-order valence-corrected chi connectivity index (χ1v) is 12.1. The summed E-state index contributed by atoms with van der Waals surface area (Å²) >= 11 is 0. The Hall–Kier alpha value is -3.30. The van der Waals surface area contributed by atoms with Crippen LogP contribution in [0.4, 0.5) is 9.59 Å². The van der Waals surface area contributed by atoms with Gasteiger partial charge in [0, 0.05) is 6.54 Å². The average molecular weight is 499 g/mol. The summed E-state index contributed by atoms with van der Waals surface area (Å²) in [6, 6.07) is 15.4. The highest BCUT2D eigenvalue weighted by Gasteiger charge is 2.57. The molecule has 2 amide bonds. The lowest BCUT2D eigenvalue weighted by atomic mass is 9.86. The molecule has 2 aromatic carbocycles. The topological polar surface area (TPSA) is 110 Å². The highest BCUT2D eigenvalue weighted by atomic mass is 16.6. The molecule has 0 bridgehead atoms. The molecule has 0 aromatic heterocycles. The molecule has 4 rings (SSSR count). The molecule has 1 heterocycles. The van der Waals surface area contributed by atoms with Crippen molar-refractivity contribution >= 4 is 12.2 Å². The number of nitrogens with zero attached hydrogens (tertiary/aromatic N) is 1. The monoisotopic (exact) mass is 498 g/mol. The van der Waals surface area contributed by atoms with Crippen molar-refractivity contribution in [1.29, 1.82) is 0 Å². The number of alkyl carbamates (subject to hydrolysis) is 1. The number of ether oxygens (including phenoxy) is 4. The molecule has 1 saturated heterocycles. The van der Waals surface area contributed by atoms with Crippen molar-refractivity contribution in [2.24, 2.45) is 0 Å². The van der Waals surface area contributed by atoms with E-state index < -0.39 is 36.0 Å². The van der Waals surface area contributed by atoms with Crippen molar-refractivity contribution in [2.75, 3.05) is 7.11 Å². The number of aliphatic hydroxyl groups excluding tert-OH is 1. The number of hydrogen-bond acceptors (Lipinski definition) is 7. The number of amides is 2. The van der Waals surface area contributed by atoms with Crippen LogP contribution in [0.3, 0.4) is 0 Å². The molecule has 2 aliphatic rings. The number of benzene rings is 2. The van der Waals surface area contributed by atoms with Crippen molar-refractivity contribution in [3.63, 3.8) is 0 Å². The van der Waals surface area contributed by atoms with E-state index in [9.17, 15) is 14.7 Å². The molecule has 1 aliphatic carbocycles. The fraction of sp³-hybridized carbons (Fsp3) is 0.481. The average Bonchev–Trinajstić information content (AvgIpc) is 3.63. The summed E-state index contributed by atoms with van der Waals surface area (Å²) in [6.45, 7) is 5.59. The van der Waals surface area contributed by atoms with Crippen molar-refractivity contribution in [3.8, 4) is 5.75 Å². The second-order valence-corrected chi connectivity index (χ2v) is 10.1. The standard InChI is InChI=1S/C27H34N2O7/c1-27(2,3)36-25(31)28-22-20(14-21-24(35-21)23(22)30)29(15-17-10-12-19(33-4)13-11-17)26(32)34-16-18-8-6-5-7-9-18/h5-13,20-24,30H,14-16H2,1-4H3,(H,28,31)/t20-,21+,22+,23-,24+/m0/s1. The van der Waals surface area contributed by atoms with Crippen LogP contribution in [0.5, 0.6) is 5.75 Å². The van der Waals surface area contributed by atoms with Gasteiger partial charge in [-0.15, -0.1) is 0 Å². The van der Waals surface area contributed by atoms with Gasteiger partial charge in [-0.3, -0.25) is 4.90 Å². The van der Waals surface area contributed by atoms with Crippen LogP contribution in [0.1, 0.15) is 38.3 Å². The lowest BCUT2D eigenvalue weighted by molar-refractivity contribution is 0.00777. The normalized spacial score (nSPS) is 24.8. The Balaban J connectivity index is 1.57. The van der Waals surface area contributed by atoms with Crippen LogP contribution in [0, 0.1) is 0 Å². The molecule has 0 spiro atoms. The summed E-state index contributed by atoms with van der Waals surface area (Å²) in [6.07, 6.45) is -2.36. The lowest BCUT2D eigenvalue weighted by Crippen LogP contribution is -2.62. The van der Waals surface area contributed by atoms with Gasteiger partial charge in [-0.2, -0.15) is 0 Å². The highest BCUT2D eigenvalue weighted by molar-refractivity contribution is 5.70.